The first-order valence-corrected chi connectivity index (χ1v) is 7.00. The zero-order valence-electron chi connectivity index (χ0n) is 12.5. The van der Waals surface area contributed by atoms with E-state index in [9.17, 15) is 0 Å². The number of hydrogen-bond acceptors (Lipinski definition) is 3. The third-order valence-electron chi connectivity index (χ3n) is 3.15. The van der Waals surface area contributed by atoms with Crippen molar-refractivity contribution in [1.82, 2.24) is 10.2 Å². The first-order valence-electron chi connectivity index (χ1n) is 7.00. The van der Waals surface area contributed by atoms with E-state index >= 15 is 0 Å². The lowest BCUT2D eigenvalue weighted by Gasteiger charge is -2.17. The van der Waals surface area contributed by atoms with E-state index in [4.69, 9.17) is 4.42 Å². The molecule has 1 aromatic rings. The molecule has 0 atom stereocenters. The first-order chi connectivity index (χ1) is 8.52. The van der Waals surface area contributed by atoms with Gasteiger partial charge in [0.15, 0.2) is 0 Å². The fraction of sp³-hybridized carbons (Fsp3) is 0.733. The molecule has 0 aliphatic carbocycles. The van der Waals surface area contributed by atoms with Gasteiger partial charge >= 0.3 is 0 Å². The van der Waals surface area contributed by atoms with E-state index in [1.807, 2.05) is 0 Å². The summed E-state index contributed by atoms with van der Waals surface area (Å²) in [7, 11) is 2.18. The molecule has 0 saturated carbocycles. The topological polar surface area (TPSA) is 28.4 Å². The third-order valence-corrected chi connectivity index (χ3v) is 3.15. The summed E-state index contributed by atoms with van der Waals surface area (Å²) in [5.41, 5.74) is 1.31. The van der Waals surface area contributed by atoms with Crippen LogP contribution in [0.2, 0.25) is 0 Å². The number of nitrogens with zero attached hydrogens (tertiary/aromatic N) is 1. The van der Waals surface area contributed by atoms with E-state index in [0.717, 1.165) is 43.6 Å². The smallest absolute Gasteiger partial charge is 0.118 e. The second-order valence-electron chi connectivity index (χ2n) is 5.49. The molecule has 0 aromatic carbocycles. The summed E-state index contributed by atoms with van der Waals surface area (Å²) >= 11 is 0. The molecule has 3 heteroatoms. The molecule has 1 heterocycles. The average Bonchev–Trinajstić information content (AvgIpc) is 2.65. The number of nitrogens with one attached hydrogen (secondary N) is 1. The maximum absolute atomic E-state index is 5.75. The predicted molar refractivity (Wildman–Crippen MR) is 76.6 cm³/mol. The highest BCUT2D eigenvalue weighted by atomic mass is 16.3. The lowest BCUT2D eigenvalue weighted by Crippen LogP contribution is -2.20. The highest BCUT2D eigenvalue weighted by Crippen LogP contribution is 2.16. The maximum atomic E-state index is 5.75. The van der Waals surface area contributed by atoms with Gasteiger partial charge in [-0.1, -0.05) is 20.8 Å². The van der Waals surface area contributed by atoms with Gasteiger partial charge in [-0.25, -0.2) is 0 Å². The van der Waals surface area contributed by atoms with Gasteiger partial charge in [-0.05, 0) is 45.5 Å². The Morgan fingerprint density at radius 1 is 1.39 bits per heavy atom. The van der Waals surface area contributed by atoms with Crippen LogP contribution in [0.5, 0.6) is 0 Å². The molecule has 18 heavy (non-hydrogen) atoms. The van der Waals surface area contributed by atoms with Gasteiger partial charge in [-0.3, -0.25) is 0 Å². The molecule has 1 rings (SSSR count). The van der Waals surface area contributed by atoms with Crippen LogP contribution in [0.3, 0.4) is 0 Å². The van der Waals surface area contributed by atoms with E-state index in [-0.39, 0.29) is 0 Å². The zero-order chi connectivity index (χ0) is 13.5. The van der Waals surface area contributed by atoms with Gasteiger partial charge in [0.1, 0.15) is 11.5 Å². The van der Waals surface area contributed by atoms with Crippen LogP contribution in [-0.4, -0.2) is 25.0 Å². The Morgan fingerprint density at radius 3 is 2.72 bits per heavy atom. The Kier molecular flexibility index (Phi) is 6.44. The minimum Gasteiger partial charge on any atom is -0.465 e. The summed E-state index contributed by atoms with van der Waals surface area (Å²) in [5, 5.41) is 3.29. The lowest BCUT2D eigenvalue weighted by atomic mass is 10.1. The molecule has 0 saturated heterocycles. The molecule has 0 radical (unpaired) electrons. The van der Waals surface area contributed by atoms with Crippen molar-refractivity contribution >= 4 is 0 Å². The molecular weight excluding hydrogens is 224 g/mol. The minimum atomic E-state index is 0.766. The van der Waals surface area contributed by atoms with Crippen LogP contribution >= 0.6 is 0 Å². The quantitative estimate of drug-likeness (QED) is 0.770. The van der Waals surface area contributed by atoms with E-state index in [1.165, 1.54) is 12.0 Å². The molecule has 1 aromatic heterocycles. The number of rotatable bonds is 8. The van der Waals surface area contributed by atoms with Crippen molar-refractivity contribution in [2.45, 2.75) is 47.2 Å². The number of aryl methyl sites for hydroxylation is 1. The summed E-state index contributed by atoms with van der Waals surface area (Å²) in [6, 6.07) is 2.18. The van der Waals surface area contributed by atoms with Crippen LogP contribution in [0.25, 0.3) is 0 Å². The average molecular weight is 252 g/mol. The Hall–Kier alpha value is -0.800. The van der Waals surface area contributed by atoms with Crippen molar-refractivity contribution in [2.75, 3.05) is 20.1 Å². The largest absolute Gasteiger partial charge is 0.465 e. The summed E-state index contributed by atoms with van der Waals surface area (Å²) in [4.78, 5) is 2.37. The van der Waals surface area contributed by atoms with Crippen molar-refractivity contribution in [2.24, 2.45) is 5.92 Å². The van der Waals surface area contributed by atoms with Crippen molar-refractivity contribution < 1.29 is 4.42 Å². The minimum absolute atomic E-state index is 0.766. The molecule has 0 aliphatic rings. The zero-order valence-corrected chi connectivity index (χ0v) is 12.5. The standard InChI is InChI=1S/C15H28N2O/c1-6-16-10-15-9-14(13(4)18-15)11-17(5)8-7-12(2)3/h9,12,16H,6-8,10-11H2,1-5H3. The number of hydrogen-bond donors (Lipinski definition) is 1. The van der Waals surface area contributed by atoms with Crippen molar-refractivity contribution in [1.29, 1.82) is 0 Å². The summed E-state index contributed by atoms with van der Waals surface area (Å²) < 4.78 is 5.75. The van der Waals surface area contributed by atoms with Gasteiger partial charge in [0, 0.05) is 12.1 Å². The Labute approximate surface area is 112 Å². The fourth-order valence-electron chi connectivity index (χ4n) is 1.93. The molecule has 1 N–H and O–H groups in total. The van der Waals surface area contributed by atoms with E-state index in [2.05, 4.69) is 51.0 Å². The van der Waals surface area contributed by atoms with Crippen LogP contribution < -0.4 is 5.32 Å². The van der Waals surface area contributed by atoms with Gasteiger partial charge in [-0.2, -0.15) is 0 Å². The molecule has 0 spiro atoms. The van der Waals surface area contributed by atoms with Gasteiger partial charge < -0.3 is 14.6 Å². The molecule has 0 aliphatic heterocycles. The second-order valence-corrected chi connectivity index (χ2v) is 5.49. The highest BCUT2D eigenvalue weighted by molar-refractivity contribution is 5.20. The van der Waals surface area contributed by atoms with Crippen molar-refractivity contribution in [3.8, 4) is 0 Å². The molecule has 0 amide bonds. The molecule has 3 nitrogen and oxygen atoms in total. The second kappa shape index (κ2) is 7.59. The number of furan rings is 1. The molecule has 0 fully saturated rings. The molecular formula is C15H28N2O. The van der Waals surface area contributed by atoms with E-state index < -0.39 is 0 Å². The van der Waals surface area contributed by atoms with Crippen LogP contribution in [0.1, 0.15) is 44.3 Å². The predicted octanol–water partition coefficient (Wildman–Crippen LogP) is 3.18. The van der Waals surface area contributed by atoms with Crippen LogP contribution in [0.4, 0.5) is 0 Å². The van der Waals surface area contributed by atoms with Gasteiger partial charge in [0.25, 0.3) is 0 Å². The maximum Gasteiger partial charge on any atom is 0.118 e. The summed E-state index contributed by atoms with van der Waals surface area (Å²) in [6.45, 7) is 12.6. The molecule has 0 bridgehead atoms. The van der Waals surface area contributed by atoms with Crippen molar-refractivity contribution in [3.05, 3.63) is 23.2 Å². The molecule has 0 unspecified atom stereocenters. The Bertz CT molecular complexity index is 344. The molecule has 104 valence electrons. The van der Waals surface area contributed by atoms with Gasteiger partial charge in [-0.15, -0.1) is 0 Å². The summed E-state index contributed by atoms with van der Waals surface area (Å²) in [5.74, 6) is 2.86. The highest BCUT2D eigenvalue weighted by Gasteiger charge is 2.09. The SMILES string of the molecule is CCNCc1cc(CN(C)CCC(C)C)c(C)o1. The van der Waals surface area contributed by atoms with Crippen molar-refractivity contribution in [3.63, 3.8) is 0 Å². The monoisotopic (exact) mass is 252 g/mol. The lowest BCUT2D eigenvalue weighted by molar-refractivity contribution is 0.301. The first kappa shape index (κ1) is 15.3. The Balaban J connectivity index is 2.47. The third kappa shape index (κ3) is 5.23. The van der Waals surface area contributed by atoms with Gasteiger partial charge in [0.2, 0.25) is 0 Å². The van der Waals surface area contributed by atoms with Crippen LogP contribution in [0.15, 0.2) is 10.5 Å². The van der Waals surface area contributed by atoms with Gasteiger partial charge in [0.05, 0.1) is 6.54 Å². The van der Waals surface area contributed by atoms with E-state index in [0.29, 0.717) is 0 Å². The van der Waals surface area contributed by atoms with Crippen LogP contribution in [0, 0.1) is 12.8 Å². The normalized spacial score (nSPS) is 11.7. The van der Waals surface area contributed by atoms with Crippen LogP contribution in [-0.2, 0) is 13.1 Å². The van der Waals surface area contributed by atoms with E-state index in [1.54, 1.807) is 0 Å². The Morgan fingerprint density at radius 2 is 2.11 bits per heavy atom. The summed E-state index contributed by atoms with van der Waals surface area (Å²) in [6.07, 6.45) is 1.25. The fourth-order valence-corrected chi connectivity index (χ4v) is 1.93.